The van der Waals surface area contributed by atoms with Crippen LogP contribution in [0.25, 0.3) is 11.4 Å². The van der Waals surface area contributed by atoms with Crippen LogP contribution in [0.15, 0.2) is 30.5 Å². The van der Waals surface area contributed by atoms with Gasteiger partial charge in [-0.3, -0.25) is 9.78 Å². The zero-order valence-electron chi connectivity index (χ0n) is 17.4. The standard InChI is InChI=1S/C22H23FN7OS/c23-15-3-1-9-25-19(15)22(7-2-8-22)13-26-18-5-4-16(29-30-18)17-12-32-21(28-17)20(31)27-14-6-10-24-11-14/h1,3-5,9,14,24H,2,6-8,10-11,13H2,(H,26,30)(H,27,31)/t14-/m0/s1. The zero-order chi connectivity index (χ0) is 22.0. The van der Waals surface area contributed by atoms with E-state index >= 15 is 0 Å². The number of amides is 1. The van der Waals surface area contributed by atoms with Crippen molar-refractivity contribution in [3.63, 3.8) is 0 Å². The van der Waals surface area contributed by atoms with E-state index in [4.69, 9.17) is 0 Å². The molecule has 3 N–H and O–H groups in total. The van der Waals surface area contributed by atoms with Crippen molar-refractivity contribution in [2.75, 3.05) is 25.0 Å². The minimum atomic E-state index is -0.314. The predicted molar refractivity (Wildman–Crippen MR) is 119 cm³/mol. The maximum absolute atomic E-state index is 14.3. The van der Waals surface area contributed by atoms with Crippen molar-refractivity contribution in [3.05, 3.63) is 52.4 Å². The van der Waals surface area contributed by atoms with E-state index in [1.165, 1.54) is 17.4 Å². The summed E-state index contributed by atoms with van der Waals surface area (Å²) in [4.78, 5) is 21.0. The molecule has 2 aliphatic rings. The largest absolute Gasteiger partial charge is 0.368 e. The van der Waals surface area contributed by atoms with Crippen LogP contribution in [-0.4, -0.2) is 51.7 Å². The summed E-state index contributed by atoms with van der Waals surface area (Å²) in [5, 5.41) is 21.3. The van der Waals surface area contributed by atoms with Gasteiger partial charge in [-0.1, -0.05) is 6.42 Å². The van der Waals surface area contributed by atoms with Crippen LogP contribution >= 0.6 is 11.3 Å². The number of carbonyl (C=O) groups is 1. The van der Waals surface area contributed by atoms with Crippen molar-refractivity contribution in [2.45, 2.75) is 37.1 Å². The molecular formula is C22H23FN7OS. The minimum absolute atomic E-state index is 0.138. The van der Waals surface area contributed by atoms with Crippen LogP contribution in [0.5, 0.6) is 0 Å². The lowest BCUT2D eigenvalue weighted by atomic mass is 9.66. The van der Waals surface area contributed by atoms with Crippen molar-refractivity contribution >= 4 is 23.1 Å². The van der Waals surface area contributed by atoms with Crippen LogP contribution in [0.1, 0.15) is 41.2 Å². The summed E-state index contributed by atoms with van der Waals surface area (Å²) in [5.74, 6) is 0.141. The average molecular weight is 453 g/mol. The van der Waals surface area contributed by atoms with E-state index in [1.54, 1.807) is 24.4 Å². The number of anilines is 1. The minimum Gasteiger partial charge on any atom is -0.368 e. The van der Waals surface area contributed by atoms with Crippen molar-refractivity contribution in [2.24, 2.45) is 0 Å². The Morgan fingerprint density at radius 2 is 2.22 bits per heavy atom. The summed E-state index contributed by atoms with van der Waals surface area (Å²) >= 11 is 1.17. The Kier molecular flexibility index (Phi) is 5.79. The van der Waals surface area contributed by atoms with Crippen LogP contribution < -0.4 is 16.0 Å². The summed E-state index contributed by atoms with van der Waals surface area (Å²) in [7, 11) is 0. The fourth-order valence-corrected chi connectivity index (χ4v) is 4.80. The third kappa shape index (κ3) is 4.20. The van der Waals surface area contributed by atoms with Crippen LogP contribution in [0.4, 0.5) is 10.2 Å². The summed E-state index contributed by atoms with van der Waals surface area (Å²) in [6.45, 7) is 2.23. The molecule has 0 bridgehead atoms. The van der Waals surface area contributed by atoms with Crippen LogP contribution in [0.3, 0.4) is 0 Å². The summed E-state index contributed by atoms with van der Waals surface area (Å²) in [6, 6.07) is 6.80. The molecule has 1 atom stereocenters. The van der Waals surface area contributed by atoms with Crippen LogP contribution in [-0.2, 0) is 5.41 Å². The topological polar surface area (TPSA) is 105 Å². The highest BCUT2D eigenvalue weighted by atomic mass is 32.1. The quantitative estimate of drug-likeness (QED) is 0.506. The predicted octanol–water partition coefficient (Wildman–Crippen LogP) is 2.56. The van der Waals surface area contributed by atoms with Gasteiger partial charge >= 0.3 is 0 Å². The summed E-state index contributed by atoms with van der Waals surface area (Å²) in [6.07, 6.45) is 5.37. The maximum Gasteiger partial charge on any atom is 0.280 e. The molecule has 3 aromatic heterocycles. The van der Waals surface area contributed by atoms with Gasteiger partial charge in [0.05, 0.1) is 11.1 Å². The Morgan fingerprint density at radius 3 is 2.91 bits per heavy atom. The first-order valence-electron chi connectivity index (χ1n) is 10.7. The molecule has 1 aliphatic carbocycles. The van der Waals surface area contributed by atoms with Gasteiger partial charge in [0.15, 0.2) is 5.01 Å². The monoisotopic (exact) mass is 452 g/mol. The van der Waals surface area contributed by atoms with Gasteiger partial charge in [-0.2, -0.15) is 0 Å². The van der Waals surface area contributed by atoms with E-state index in [2.05, 4.69) is 41.5 Å². The molecule has 3 aromatic rings. The first kappa shape index (κ1) is 20.9. The highest BCUT2D eigenvalue weighted by Crippen LogP contribution is 2.43. The number of nitrogens with one attached hydrogen (secondary N) is 3. The molecule has 165 valence electrons. The number of rotatable bonds is 7. The van der Waals surface area contributed by atoms with Crippen molar-refractivity contribution in [1.29, 1.82) is 0 Å². The van der Waals surface area contributed by atoms with E-state index in [0.29, 0.717) is 34.5 Å². The van der Waals surface area contributed by atoms with Crippen molar-refractivity contribution in [3.8, 4) is 11.4 Å². The second-order valence-electron chi connectivity index (χ2n) is 8.26. The summed E-state index contributed by atoms with van der Waals surface area (Å²) in [5.41, 5.74) is 1.24. The van der Waals surface area contributed by atoms with Gasteiger partial charge in [-0.15, -0.1) is 21.5 Å². The van der Waals surface area contributed by atoms with E-state index in [-0.39, 0.29) is 23.2 Å². The first-order chi connectivity index (χ1) is 15.6. The number of hydrogen-bond acceptors (Lipinski definition) is 8. The van der Waals surface area contributed by atoms with E-state index in [9.17, 15) is 9.18 Å². The Labute approximate surface area is 189 Å². The Bertz CT molecular complexity index is 1090. The molecule has 8 nitrogen and oxygen atoms in total. The molecule has 1 radical (unpaired) electrons. The Balaban J connectivity index is 1.22. The van der Waals surface area contributed by atoms with Gasteiger partial charge in [0.25, 0.3) is 5.91 Å². The lowest BCUT2D eigenvalue weighted by Gasteiger charge is -2.41. The van der Waals surface area contributed by atoms with Crippen LogP contribution in [0.2, 0.25) is 0 Å². The molecule has 2 fully saturated rings. The highest BCUT2D eigenvalue weighted by Gasteiger charge is 2.41. The molecule has 1 amide bonds. The van der Waals surface area contributed by atoms with Crippen molar-refractivity contribution in [1.82, 2.24) is 30.8 Å². The van der Waals surface area contributed by atoms with Gasteiger partial charge in [0.2, 0.25) is 0 Å². The van der Waals surface area contributed by atoms with Gasteiger partial charge in [-0.05, 0) is 50.1 Å². The molecule has 32 heavy (non-hydrogen) atoms. The molecule has 0 unspecified atom stereocenters. The number of thiazole rings is 1. The second kappa shape index (κ2) is 8.87. The van der Waals surface area contributed by atoms with Gasteiger partial charge < -0.3 is 16.0 Å². The second-order valence-corrected chi connectivity index (χ2v) is 9.05. The fourth-order valence-electron chi connectivity index (χ4n) is 4.16. The molecule has 5 rings (SSSR count). The van der Waals surface area contributed by atoms with Gasteiger partial charge in [0.1, 0.15) is 23.0 Å². The molecule has 1 saturated heterocycles. The average Bonchev–Trinajstić information content (AvgIpc) is 3.47. The van der Waals surface area contributed by atoms with E-state index < -0.39 is 0 Å². The first-order valence-corrected chi connectivity index (χ1v) is 11.5. The SMILES string of the molecule is O=C(N[C@H]1CCNC1)c1nc(-c2ccc(NCC3(c4ncccc4F)CCC3)nn2)[c]s1. The number of pyridine rings is 1. The molecular weight excluding hydrogens is 429 g/mol. The smallest absolute Gasteiger partial charge is 0.280 e. The lowest BCUT2D eigenvalue weighted by molar-refractivity contribution is 0.0939. The number of hydrogen-bond donors (Lipinski definition) is 3. The maximum atomic E-state index is 14.3. The van der Waals surface area contributed by atoms with Gasteiger partial charge in [0, 0.05) is 30.7 Å². The molecule has 10 heteroatoms. The van der Waals surface area contributed by atoms with Crippen molar-refractivity contribution < 1.29 is 9.18 Å². The molecule has 0 aromatic carbocycles. The third-order valence-electron chi connectivity index (χ3n) is 6.13. The molecule has 0 spiro atoms. The zero-order valence-corrected chi connectivity index (χ0v) is 18.2. The van der Waals surface area contributed by atoms with E-state index in [0.717, 1.165) is 38.8 Å². The molecule has 1 aliphatic heterocycles. The number of halogens is 1. The van der Waals surface area contributed by atoms with E-state index in [1.807, 2.05) is 0 Å². The number of aromatic nitrogens is 4. The Hall–Kier alpha value is -2.98. The third-order valence-corrected chi connectivity index (χ3v) is 6.90. The van der Waals surface area contributed by atoms with Gasteiger partial charge in [-0.25, -0.2) is 9.37 Å². The Morgan fingerprint density at radius 1 is 1.31 bits per heavy atom. The number of nitrogens with zero attached hydrogens (tertiary/aromatic N) is 4. The molecule has 1 saturated carbocycles. The molecule has 4 heterocycles. The highest BCUT2D eigenvalue weighted by molar-refractivity contribution is 7.11. The normalized spacial score (nSPS) is 19.3. The van der Waals surface area contributed by atoms with Crippen LogP contribution in [0, 0.1) is 11.2 Å². The summed E-state index contributed by atoms with van der Waals surface area (Å²) < 4.78 is 14.3. The number of carbonyl (C=O) groups excluding carboxylic acids is 1. The lowest BCUT2D eigenvalue weighted by Crippen LogP contribution is -2.42. The fraction of sp³-hybridized carbons (Fsp3) is 0.409.